The lowest BCUT2D eigenvalue weighted by Crippen LogP contribution is -2.34. The van der Waals surface area contributed by atoms with Crippen LogP contribution in [0.2, 0.25) is 0 Å². The molecule has 2 unspecified atom stereocenters. The maximum Gasteiger partial charge on any atom is 0.307 e. The van der Waals surface area contributed by atoms with Gasteiger partial charge in [-0.1, -0.05) is 17.3 Å². The first kappa shape index (κ1) is 11.4. The topological polar surface area (TPSA) is 92.4 Å². The van der Waals surface area contributed by atoms with Crippen LogP contribution in [-0.2, 0) is 9.59 Å². The van der Waals surface area contributed by atoms with E-state index in [0.717, 1.165) is 0 Å². The van der Waals surface area contributed by atoms with Gasteiger partial charge in [-0.2, -0.15) is 0 Å². The number of nitrogens with zero attached hydrogens (tertiary/aromatic N) is 1. The van der Waals surface area contributed by atoms with Gasteiger partial charge in [0.15, 0.2) is 5.82 Å². The SMILES string of the molecule is O=C(O)C1CC=CCC1C(=O)Nc1ccon1. The Balaban J connectivity index is 2.07. The highest BCUT2D eigenvalue weighted by Gasteiger charge is 2.34. The van der Waals surface area contributed by atoms with Crippen molar-refractivity contribution in [1.29, 1.82) is 0 Å². The van der Waals surface area contributed by atoms with Crippen molar-refractivity contribution >= 4 is 17.7 Å². The van der Waals surface area contributed by atoms with Crippen LogP contribution < -0.4 is 5.32 Å². The summed E-state index contributed by atoms with van der Waals surface area (Å²) < 4.78 is 4.58. The first-order valence-electron chi connectivity index (χ1n) is 5.27. The number of carbonyl (C=O) groups excluding carboxylic acids is 1. The number of aliphatic carboxylic acids is 1. The van der Waals surface area contributed by atoms with Crippen molar-refractivity contribution in [2.24, 2.45) is 11.8 Å². The Morgan fingerprint density at radius 3 is 2.65 bits per heavy atom. The van der Waals surface area contributed by atoms with Gasteiger partial charge in [-0.3, -0.25) is 9.59 Å². The lowest BCUT2D eigenvalue weighted by molar-refractivity contribution is -0.146. The highest BCUT2D eigenvalue weighted by Crippen LogP contribution is 2.26. The number of amides is 1. The molecule has 0 spiro atoms. The van der Waals surface area contributed by atoms with Crippen LogP contribution in [-0.4, -0.2) is 22.1 Å². The minimum absolute atomic E-state index is 0.300. The maximum absolute atomic E-state index is 11.9. The second kappa shape index (κ2) is 4.82. The molecule has 6 heteroatoms. The van der Waals surface area contributed by atoms with Crippen LogP contribution in [0.4, 0.5) is 5.82 Å². The largest absolute Gasteiger partial charge is 0.481 e. The monoisotopic (exact) mass is 236 g/mol. The molecule has 0 bridgehead atoms. The lowest BCUT2D eigenvalue weighted by atomic mass is 9.82. The average Bonchev–Trinajstić information content (AvgIpc) is 2.81. The van der Waals surface area contributed by atoms with Crippen molar-refractivity contribution in [3.63, 3.8) is 0 Å². The Kier molecular flexibility index (Phi) is 3.22. The van der Waals surface area contributed by atoms with Crippen molar-refractivity contribution in [2.75, 3.05) is 5.32 Å². The van der Waals surface area contributed by atoms with Crippen LogP contribution in [0.15, 0.2) is 29.0 Å². The summed E-state index contributed by atoms with van der Waals surface area (Å²) in [6.07, 6.45) is 5.77. The van der Waals surface area contributed by atoms with E-state index in [1.54, 1.807) is 6.08 Å². The van der Waals surface area contributed by atoms with Gasteiger partial charge in [-0.05, 0) is 12.8 Å². The molecule has 6 nitrogen and oxygen atoms in total. The first-order chi connectivity index (χ1) is 8.18. The summed E-state index contributed by atoms with van der Waals surface area (Å²) in [5.74, 6) is -2.22. The predicted octanol–water partition coefficient (Wildman–Crippen LogP) is 1.28. The molecule has 1 amide bonds. The molecule has 0 saturated heterocycles. The van der Waals surface area contributed by atoms with Gasteiger partial charge in [0.1, 0.15) is 6.26 Å². The van der Waals surface area contributed by atoms with Gasteiger partial charge in [0.05, 0.1) is 11.8 Å². The molecule has 1 heterocycles. The molecule has 90 valence electrons. The predicted molar refractivity (Wildman–Crippen MR) is 58.1 cm³/mol. The standard InChI is InChI=1S/C11H12N2O4/c14-10(12-9-5-6-17-13-9)7-3-1-2-4-8(7)11(15)16/h1-2,5-8H,3-4H2,(H,15,16)(H,12,13,14). The van der Waals surface area contributed by atoms with E-state index >= 15 is 0 Å². The van der Waals surface area contributed by atoms with Crippen molar-refractivity contribution in [3.8, 4) is 0 Å². The zero-order valence-corrected chi connectivity index (χ0v) is 9.00. The smallest absolute Gasteiger partial charge is 0.307 e. The third-order valence-electron chi connectivity index (χ3n) is 2.78. The Hall–Kier alpha value is -2.11. The molecule has 0 saturated carbocycles. The number of hydrogen-bond donors (Lipinski definition) is 2. The molecule has 1 aromatic rings. The summed E-state index contributed by atoms with van der Waals surface area (Å²) in [5.41, 5.74) is 0. The highest BCUT2D eigenvalue weighted by atomic mass is 16.5. The van der Waals surface area contributed by atoms with E-state index < -0.39 is 17.8 Å². The van der Waals surface area contributed by atoms with Crippen molar-refractivity contribution in [3.05, 3.63) is 24.5 Å². The van der Waals surface area contributed by atoms with E-state index in [4.69, 9.17) is 5.11 Å². The molecule has 1 aromatic heterocycles. The molecule has 1 aliphatic rings. The molecule has 1 aliphatic carbocycles. The third kappa shape index (κ3) is 2.52. The number of hydrogen-bond acceptors (Lipinski definition) is 4. The van der Waals surface area contributed by atoms with Crippen LogP contribution in [0.5, 0.6) is 0 Å². The quantitative estimate of drug-likeness (QED) is 0.771. The summed E-state index contributed by atoms with van der Waals surface area (Å²) in [6, 6.07) is 1.51. The van der Waals surface area contributed by atoms with Crippen LogP contribution in [0.3, 0.4) is 0 Å². The molecule has 0 radical (unpaired) electrons. The second-order valence-corrected chi connectivity index (χ2v) is 3.87. The van der Waals surface area contributed by atoms with Gasteiger partial charge in [-0.25, -0.2) is 0 Å². The van der Waals surface area contributed by atoms with Gasteiger partial charge in [0.2, 0.25) is 5.91 Å². The normalized spacial score (nSPS) is 23.3. The average molecular weight is 236 g/mol. The number of anilines is 1. The summed E-state index contributed by atoms with van der Waals surface area (Å²) in [6.45, 7) is 0. The maximum atomic E-state index is 11.9. The molecule has 2 N–H and O–H groups in total. The Labute approximate surface area is 97.3 Å². The van der Waals surface area contributed by atoms with E-state index in [-0.39, 0.29) is 5.91 Å². The van der Waals surface area contributed by atoms with Crippen molar-refractivity contribution < 1.29 is 19.2 Å². The van der Waals surface area contributed by atoms with E-state index in [9.17, 15) is 9.59 Å². The second-order valence-electron chi connectivity index (χ2n) is 3.87. The molecular weight excluding hydrogens is 224 g/mol. The highest BCUT2D eigenvalue weighted by molar-refractivity contribution is 5.94. The number of rotatable bonds is 3. The van der Waals surface area contributed by atoms with Crippen molar-refractivity contribution in [1.82, 2.24) is 5.16 Å². The molecule has 0 fully saturated rings. The molecule has 2 atom stereocenters. The van der Waals surface area contributed by atoms with Gasteiger partial charge < -0.3 is 14.9 Å². The third-order valence-corrected chi connectivity index (χ3v) is 2.78. The summed E-state index contributed by atoms with van der Waals surface area (Å²) in [7, 11) is 0. The fourth-order valence-electron chi connectivity index (χ4n) is 1.87. The van der Waals surface area contributed by atoms with E-state index in [1.807, 2.05) is 6.08 Å². The minimum Gasteiger partial charge on any atom is -0.481 e. The molecule has 17 heavy (non-hydrogen) atoms. The molecule has 0 aromatic carbocycles. The number of carboxylic acids is 1. The van der Waals surface area contributed by atoms with E-state index in [2.05, 4.69) is 15.0 Å². The van der Waals surface area contributed by atoms with Crippen LogP contribution in [0, 0.1) is 11.8 Å². The zero-order chi connectivity index (χ0) is 12.3. The number of nitrogens with one attached hydrogen (secondary N) is 1. The van der Waals surface area contributed by atoms with Crippen molar-refractivity contribution in [2.45, 2.75) is 12.8 Å². The van der Waals surface area contributed by atoms with Gasteiger partial charge >= 0.3 is 5.97 Å². The fourth-order valence-corrected chi connectivity index (χ4v) is 1.87. The van der Waals surface area contributed by atoms with Crippen LogP contribution >= 0.6 is 0 Å². The summed E-state index contributed by atoms with van der Waals surface area (Å²) in [4.78, 5) is 22.9. The van der Waals surface area contributed by atoms with Gasteiger partial charge in [-0.15, -0.1) is 0 Å². The number of carbonyl (C=O) groups is 2. The van der Waals surface area contributed by atoms with Crippen LogP contribution in [0.1, 0.15) is 12.8 Å². The molecule has 2 rings (SSSR count). The molecule has 0 aliphatic heterocycles. The van der Waals surface area contributed by atoms with Gasteiger partial charge in [0, 0.05) is 6.07 Å². The Morgan fingerprint density at radius 1 is 1.35 bits per heavy atom. The lowest BCUT2D eigenvalue weighted by Gasteiger charge is -2.23. The van der Waals surface area contributed by atoms with Crippen LogP contribution in [0.25, 0.3) is 0 Å². The number of aromatic nitrogens is 1. The van der Waals surface area contributed by atoms with E-state index in [0.29, 0.717) is 18.7 Å². The number of carboxylic acid groups (broad SMARTS) is 1. The fraction of sp³-hybridized carbons (Fsp3) is 0.364. The Bertz CT molecular complexity index is 438. The summed E-state index contributed by atoms with van der Waals surface area (Å²) in [5, 5.41) is 15.1. The van der Waals surface area contributed by atoms with Gasteiger partial charge in [0.25, 0.3) is 0 Å². The van der Waals surface area contributed by atoms with E-state index in [1.165, 1.54) is 12.3 Å². The minimum atomic E-state index is -0.949. The number of allylic oxidation sites excluding steroid dienone is 2. The summed E-state index contributed by atoms with van der Waals surface area (Å²) >= 11 is 0. The first-order valence-corrected chi connectivity index (χ1v) is 5.27. The molecular formula is C11H12N2O4. The Morgan fingerprint density at radius 2 is 2.06 bits per heavy atom. The zero-order valence-electron chi connectivity index (χ0n) is 9.00.